The van der Waals surface area contributed by atoms with Crippen LogP contribution in [0.15, 0.2) is 24.3 Å². The van der Waals surface area contributed by atoms with Gasteiger partial charge in [0.2, 0.25) is 0 Å². The Morgan fingerprint density at radius 3 is 2.57 bits per heavy atom. The number of hydrogen-bond acceptors (Lipinski definition) is 1. The van der Waals surface area contributed by atoms with Gasteiger partial charge in [-0.05, 0) is 43.9 Å². The third-order valence-corrected chi connectivity index (χ3v) is 3.06. The van der Waals surface area contributed by atoms with Crippen LogP contribution in [0.4, 0.5) is 0 Å². The molecular weight excluding hydrogens is 172 g/mol. The van der Waals surface area contributed by atoms with E-state index in [4.69, 9.17) is 0 Å². The molecule has 0 saturated carbocycles. The number of allylic oxidation sites excluding steroid dienone is 2. The van der Waals surface area contributed by atoms with Gasteiger partial charge in [0, 0.05) is 11.5 Å². The van der Waals surface area contributed by atoms with Crippen LogP contribution in [0.25, 0.3) is 0 Å². The van der Waals surface area contributed by atoms with Crippen molar-refractivity contribution in [3.05, 3.63) is 41.0 Å². The fourth-order valence-electron chi connectivity index (χ4n) is 2.01. The Hall–Kier alpha value is -1.24. The van der Waals surface area contributed by atoms with E-state index in [1.807, 2.05) is 13.0 Å². The summed E-state index contributed by atoms with van der Waals surface area (Å²) in [6.45, 7) is 4.13. The minimum atomic E-state index is 0.425. The molecule has 1 aliphatic rings. The fraction of sp³-hybridized carbons (Fsp3) is 0.385. The smallest absolute Gasteiger partial charge is 0.119 e. The summed E-state index contributed by atoms with van der Waals surface area (Å²) in [6.07, 6.45) is 6.66. The Labute approximate surface area is 85.1 Å². The molecule has 74 valence electrons. The maximum absolute atomic E-state index is 9.84. The van der Waals surface area contributed by atoms with Gasteiger partial charge in [0.1, 0.15) is 5.75 Å². The van der Waals surface area contributed by atoms with Crippen molar-refractivity contribution in [2.45, 2.75) is 32.6 Å². The first-order chi connectivity index (χ1) is 6.68. The Morgan fingerprint density at radius 1 is 1.21 bits per heavy atom. The molecule has 1 aromatic carbocycles. The van der Waals surface area contributed by atoms with E-state index in [-0.39, 0.29) is 0 Å². The molecule has 0 radical (unpaired) electrons. The monoisotopic (exact) mass is 188 g/mol. The average Bonchev–Trinajstić information content (AvgIpc) is 2.64. The third-order valence-electron chi connectivity index (χ3n) is 3.06. The van der Waals surface area contributed by atoms with Crippen molar-refractivity contribution in [2.24, 2.45) is 0 Å². The van der Waals surface area contributed by atoms with Crippen molar-refractivity contribution in [3.8, 4) is 5.75 Å². The molecule has 1 atom stereocenters. The Kier molecular flexibility index (Phi) is 2.32. The van der Waals surface area contributed by atoms with Gasteiger partial charge in [-0.2, -0.15) is 0 Å². The highest BCUT2D eigenvalue weighted by Gasteiger charge is 2.16. The molecule has 0 aliphatic heterocycles. The summed E-state index contributed by atoms with van der Waals surface area (Å²) in [4.78, 5) is 0. The summed E-state index contributed by atoms with van der Waals surface area (Å²) < 4.78 is 0. The van der Waals surface area contributed by atoms with Crippen molar-refractivity contribution in [2.75, 3.05) is 0 Å². The van der Waals surface area contributed by atoms with Crippen LogP contribution in [0.3, 0.4) is 0 Å². The molecule has 0 spiro atoms. The quantitative estimate of drug-likeness (QED) is 0.669. The average molecular weight is 188 g/mol. The lowest BCUT2D eigenvalue weighted by Gasteiger charge is -2.12. The molecule has 1 aliphatic carbocycles. The molecule has 1 N–H and O–H groups in total. The molecule has 1 nitrogen and oxygen atoms in total. The number of benzene rings is 1. The summed E-state index contributed by atoms with van der Waals surface area (Å²) in [5, 5.41) is 9.84. The fourth-order valence-corrected chi connectivity index (χ4v) is 2.01. The lowest BCUT2D eigenvalue weighted by atomic mass is 9.94. The van der Waals surface area contributed by atoms with Crippen molar-refractivity contribution in [1.82, 2.24) is 0 Å². The molecule has 0 heterocycles. The predicted octanol–water partition coefficient (Wildman–Crippen LogP) is 3.44. The van der Waals surface area contributed by atoms with Crippen LogP contribution < -0.4 is 0 Å². The zero-order valence-corrected chi connectivity index (χ0v) is 8.75. The second-order valence-corrected chi connectivity index (χ2v) is 4.11. The topological polar surface area (TPSA) is 20.2 Å². The molecule has 0 saturated heterocycles. The maximum atomic E-state index is 9.84. The van der Waals surface area contributed by atoms with Crippen LogP contribution in [-0.2, 0) is 0 Å². The number of phenols is 1. The van der Waals surface area contributed by atoms with Gasteiger partial charge in [-0.15, -0.1) is 0 Å². The molecule has 0 fully saturated rings. The molecule has 0 bridgehead atoms. The number of phenolic OH excluding ortho intramolecular Hbond substituents is 1. The highest BCUT2D eigenvalue weighted by atomic mass is 16.3. The summed E-state index contributed by atoms with van der Waals surface area (Å²) in [6, 6.07) is 3.99. The molecule has 0 aromatic heterocycles. The van der Waals surface area contributed by atoms with E-state index in [2.05, 4.69) is 25.1 Å². The van der Waals surface area contributed by atoms with E-state index in [1.165, 1.54) is 5.56 Å². The second-order valence-electron chi connectivity index (χ2n) is 4.11. The van der Waals surface area contributed by atoms with Crippen molar-refractivity contribution in [1.29, 1.82) is 0 Å². The molecule has 1 aromatic rings. The van der Waals surface area contributed by atoms with Gasteiger partial charge < -0.3 is 5.11 Å². The van der Waals surface area contributed by atoms with Crippen LogP contribution in [0, 0.1) is 13.8 Å². The first kappa shape index (κ1) is 9.32. The second kappa shape index (κ2) is 3.49. The van der Waals surface area contributed by atoms with Crippen LogP contribution in [-0.4, -0.2) is 5.11 Å². The molecule has 1 unspecified atom stereocenters. The van der Waals surface area contributed by atoms with Gasteiger partial charge in [0.05, 0.1) is 0 Å². The van der Waals surface area contributed by atoms with Crippen LogP contribution >= 0.6 is 0 Å². The van der Waals surface area contributed by atoms with Crippen LogP contribution in [0.5, 0.6) is 5.75 Å². The SMILES string of the molecule is Cc1cc(O)c(C2C=CCC2)cc1C. The Balaban J connectivity index is 2.42. The highest BCUT2D eigenvalue weighted by molar-refractivity contribution is 5.44. The van der Waals surface area contributed by atoms with Crippen molar-refractivity contribution >= 4 is 0 Å². The van der Waals surface area contributed by atoms with Crippen LogP contribution in [0.2, 0.25) is 0 Å². The highest BCUT2D eigenvalue weighted by Crippen LogP contribution is 2.35. The largest absolute Gasteiger partial charge is 0.508 e. The number of hydrogen-bond donors (Lipinski definition) is 1. The number of aromatic hydroxyl groups is 1. The van der Waals surface area contributed by atoms with Gasteiger partial charge >= 0.3 is 0 Å². The maximum Gasteiger partial charge on any atom is 0.119 e. The number of rotatable bonds is 1. The van der Waals surface area contributed by atoms with Gasteiger partial charge in [0.15, 0.2) is 0 Å². The molecular formula is C13H16O. The van der Waals surface area contributed by atoms with Crippen molar-refractivity contribution < 1.29 is 5.11 Å². The standard InChI is InChI=1S/C13H16O/c1-9-7-12(11-5-3-4-6-11)13(14)8-10(9)2/h3,5,7-8,11,14H,4,6H2,1-2H3. The van der Waals surface area contributed by atoms with E-state index in [0.29, 0.717) is 11.7 Å². The van der Waals surface area contributed by atoms with E-state index in [9.17, 15) is 5.11 Å². The van der Waals surface area contributed by atoms with Gasteiger partial charge in [-0.25, -0.2) is 0 Å². The first-order valence-electron chi connectivity index (χ1n) is 5.15. The van der Waals surface area contributed by atoms with E-state index >= 15 is 0 Å². The Bertz CT molecular complexity index is 377. The minimum absolute atomic E-state index is 0.425. The number of aryl methyl sites for hydroxylation is 2. The van der Waals surface area contributed by atoms with E-state index < -0.39 is 0 Å². The summed E-state index contributed by atoms with van der Waals surface area (Å²) in [5.74, 6) is 0.874. The Morgan fingerprint density at radius 2 is 1.93 bits per heavy atom. The summed E-state index contributed by atoms with van der Waals surface area (Å²) >= 11 is 0. The van der Waals surface area contributed by atoms with Crippen LogP contribution in [0.1, 0.15) is 35.4 Å². The van der Waals surface area contributed by atoms with Gasteiger partial charge in [0.25, 0.3) is 0 Å². The van der Waals surface area contributed by atoms with Gasteiger partial charge in [-0.3, -0.25) is 0 Å². The summed E-state index contributed by atoms with van der Waals surface area (Å²) in [5.41, 5.74) is 3.51. The summed E-state index contributed by atoms with van der Waals surface area (Å²) in [7, 11) is 0. The lowest BCUT2D eigenvalue weighted by Crippen LogP contribution is -1.94. The van der Waals surface area contributed by atoms with E-state index in [0.717, 1.165) is 24.0 Å². The molecule has 0 amide bonds. The normalized spacial score (nSPS) is 20.3. The van der Waals surface area contributed by atoms with Gasteiger partial charge in [-0.1, -0.05) is 18.2 Å². The predicted molar refractivity (Wildman–Crippen MR) is 58.7 cm³/mol. The molecule has 2 rings (SSSR count). The van der Waals surface area contributed by atoms with E-state index in [1.54, 1.807) is 0 Å². The van der Waals surface area contributed by atoms with Crippen molar-refractivity contribution in [3.63, 3.8) is 0 Å². The zero-order valence-electron chi connectivity index (χ0n) is 8.75. The molecule has 14 heavy (non-hydrogen) atoms. The first-order valence-corrected chi connectivity index (χ1v) is 5.15. The lowest BCUT2D eigenvalue weighted by molar-refractivity contribution is 0.464. The zero-order chi connectivity index (χ0) is 10.1. The third kappa shape index (κ3) is 1.54. The molecule has 1 heteroatoms. The minimum Gasteiger partial charge on any atom is -0.508 e.